The summed E-state index contributed by atoms with van der Waals surface area (Å²) in [5.41, 5.74) is -0.504. The minimum atomic E-state index is -0.750. The van der Waals surface area contributed by atoms with Crippen LogP contribution >= 0.6 is 0 Å². The first kappa shape index (κ1) is 14.1. The Bertz CT molecular complexity index is 455. The summed E-state index contributed by atoms with van der Waals surface area (Å²) in [6, 6.07) is 2.35. The predicted octanol–water partition coefficient (Wildman–Crippen LogP) is 1.29. The molecule has 5 nitrogen and oxygen atoms in total. The number of nitrogens with one attached hydrogen (secondary N) is 1. The van der Waals surface area contributed by atoms with E-state index in [4.69, 9.17) is 4.74 Å². The Morgan fingerprint density at radius 1 is 1.44 bits per heavy atom. The van der Waals surface area contributed by atoms with Gasteiger partial charge in [-0.2, -0.15) is 4.39 Å². The molecule has 0 aliphatic rings. The van der Waals surface area contributed by atoms with Crippen LogP contribution in [0, 0.1) is 5.95 Å². The highest BCUT2D eigenvalue weighted by Crippen LogP contribution is 2.06. The molecule has 0 spiro atoms. The van der Waals surface area contributed by atoms with Crippen molar-refractivity contribution < 1.29 is 18.7 Å². The van der Waals surface area contributed by atoms with Gasteiger partial charge in [0.05, 0.1) is 0 Å². The number of carbonyl (C=O) groups excluding carboxylic acids is 2. The lowest BCUT2D eigenvalue weighted by molar-refractivity contribution is -0.153. The molecule has 0 aliphatic carbocycles. The summed E-state index contributed by atoms with van der Waals surface area (Å²) in [4.78, 5) is 26.2. The van der Waals surface area contributed by atoms with E-state index < -0.39 is 23.4 Å². The first-order chi connectivity index (χ1) is 8.28. The lowest BCUT2D eigenvalue weighted by atomic mass is 10.2. The van der Waals surface area contributed by atoms with Gasteiger partial charge in [0, 0.05) is 17.8 Å². The fourth-order valence-corrected chi connectivity index (χ4v) is 1.18. The number of nitrogens with zero attached hydrogens (tertiary/aromatic N) is 1. The van der Waals surface area contributed by atoms with Gasteiger partial charge in [0.25, 0.3) is 5.91 Å². The monoisotopic (exact) mass is 254 g/mol. The molecule has 1 aromatic rings. The second-order valence-electron chi connectivity index (χ2n) is 4.64. The fraction of sp³-hybridized carbons (Fsp3) is 0.417. The minimum absolute atomic E-state index is 0.103. The first-order valence-electron chi connectivity index (χ1n) is 5.39. The average Bonchev–Trinajstić information content (AvgIpc) is 2.23. The number of pyridine rings is 1. The van der Waals surface area contributed by atoms with Crippen LogP contribution in [0.3, 0.4) is 0 Å². The van der Waals surface area contributed by atoms with Gasteiger partial charge in [-0.05, 0) is 26.8 Å². The van der Waals surface area contributed by atoms with E-state index in [1.54, 1.807) is 20.8 Å². The van der Waals surface area contributed by atoms with Crippen molar-refractivity contribution in [1.29, 1.82) is 0 Å². The molecule has 0 saturated carbocycles. The van der Waals surface area contributed by atoms with Gasteiger partial charge < -0.3 is 10.1 Å². The lowest BCUT2D eigenvalue weighted by Gasteiger charge is -2.19. The largest absolute Gasteiger partial charge is 0.459 e. The molecule has 0 aromatic carbocycles. The molecule has 1 N–H and O–H groups in total. The van der Waals surface area contributed by atoms with E-state index in [2.05, 4.69) is 10.3 Å². The van der Waals surface area contributed by atoms with Crippen LogP contribution in [0.15, 0.2) is 18.3 Å². The van der Waals surface area contributed by atoms with Gasteiger partial charge in [0.15, 0.2) is 0 Å². The molecule has 0 radical (unpaired) electrons. The van der Waals surface area contributed by atoms with Gasteiger partial charge in [-0.3, -0.25) is 9.59 Å². The normalized spacial score (nSPS) is 10.9. The maximum atomic E-state index is 12.8. The molecule has 18 heavy (non-hydrogen) atoms. The molecular formula is C12H15FN2O3. The Balaban J connectivity index is 2.49. The summed E-state index contributed by atoms with van der Waals surface area (Å²) >= 11 is 0. The number of aromatic nitrogens is 1. The Kier molecular flexibility index (Phi) is 4.36. The Labute approximate surface area is 104 Å². The molecule has 1 rings (SSSR count). The van der Waals surface area contributed by atoms with E-state index >= 15 is 0 Å². The molecule has 1 amide bonds. The van der Waals surface area contributed by atoms with Crippen LogP contribution in [0.5, 0.6) is 0 Å². The first-order valence-corrected chi connectivity index (χ1v) is 5.39. The summed E-state index contributed by atoms with van der Waals surface area (Å²) in [5, 5.41) is 2.34. The topological polar surface area (TPSA) is 68.3 Å². The van der Waals surface area contributed by atoms with Crippen LogP contribution in [0.1, 0.15) is 31.1 Å². The van der Waals surface area contributed by atoms with Gasteiger partial charge in [-0.25, -0.2) is 4.98 Å². The number of ether oxygens (including phenoxy) is 1. The maximum absolute atomic E-state index is 12.8. The lowest BCUT2D eigenvalue weighted by Crippen LogP contribution is -2.34. The summed E-state index contributed by atoms with van der Waals surface area (Å²) < 4.78 is 17.8. The van der Waals surface area contributed by atoms with E-state index in [1.165, 1.54) is 12.3 Å². The number of carbonyl (C=O) groups is 2. The molecule has 0 bridgehead atoms. The van der Waals surface area contributed by atoms with Crippen molar-refractivity contribution in [2.24, 2.45) is 0 Å². The molecule has 0 fully saturated rings. The maximum Gasteiger partial charge on any atom is 0.325 e. The molecule has 0 unspecified atom stereocenters. The zero-order chi connectivity index (χ0) is 13.8. The molecule has 0 atom stereocenters. The number of esters is 1. The third kappa shape index (κ3) is 4.90. The molecule has 0 aliphatic heterocycles. The minimum Gasteiger partial charge on any atom is -0.459 e. The van der Waals surface area contributed by atoms with E-state index in [-0.39, 0.29) is 12.1 Å². The Morgan fingerprint density at radius 3 is 2.67 bits per heavy atom. The van der Waals surface area contributed by atoms with Crippen molar-refractivity contribution in [3.63, 3.8) is 0 Å². The van der Waals surface area contributed by atoms with Crippen LogP contribution in [-0.4, -0.2) is 29.0 Å². The zero-order valence-corrected chi connectivity index (χ0v) is 10.5. The van der Waals surface area contributed by atoms with Gasteiger partial charge in [-0.1, -0.05) is 0 Å². The molecule has 6 heteroatoms. The van der Waals surface area contributed by atoms with Crippen molar-refractivity contribution in [2.75, 3.05) is 6.54 Å². The fourth-order valence-electron chi connectivity index (χ4n) is 1.18. The van der Waals surface area contributed by atoms with Crippen molar-refractivity contribution in [3.8, 4) is 0 Å². The van der Waals surface area contributed by atoms with E-state index in [9.17, 15) is 14.0 Å². The van der Waals surface area contributed by atoms with E-state index in [0.29, 0.717) is 0 Å². The quantitative estimate of drug-likeness (QED) is 0.652. The zero-order valence-electron chi connectivity index (χ0n) is 10.5. The summed E-state index contributed by atoms with van der Waals surface area (Å²) in [6.07, 6.45) is 1.18. The van der Waals surface area contributed by atoms with Crippen molar-refractivity contribution >= 4 is 11.9 Å². The molecule has 1 heterocycles. The highest BCUT2D eigenvalue weighted by atomic mass is 19.1. The highest BCUT2D eigenvalue weighted by Gasteiger charge is 2.17. The summed E-state index contributed by atoms with van der Waals surface area (Å²) in [5.74, 6) is -1.85. The van der Waals surface area contributed by atoms with Crippen LogP contribution in [0.2, 0.25) is 0 Å². The van der Waals surface area contributed by atoms with E-state index in [1.807, 2.05) is 0 Å². The molecular weight excluding hydrogens is 239 g/mol. The Hall–Kier alpha value is -1.98. The van der Waals surface area contributed by atoms with Gasteiger partial charge in [0.1, 0.15) is 12.1 Å². The second-order valence-corrected chi connectivity index (χ2v) is 4.64. The number of amides is 1. The second kappa shape index (κ2) is 5.57. The average molecular weight is 254 g/mol. The number of hydrogen-bond acceptors (Lipinski definition) is 4. The van der Waals surface area contributed by atoms with Crippen LogP contribution < -0.4 is 5.32 Å². The summed E-state index contributed by atoms with van der Waals surface area (Å²) in [7, 11) is 0. The van der Waals surface area contributed by atoms with E-state index in [0.717, 1.165) is 6.07 Å². The van der Waals surface area contributed by atoms with Gasteiger partial charge in [-0.15, -0.1) is 0 Å². The van der Waals surface area contributed by atoms with Crippen molar-refractivity contribution in [3.05, 3.63) is 29.8 Å². The highest BCUT2D eigenvalue weighted by molar-refractivity contribution is 5.95. The van der Waals surface area contributed by atoms with Gasteiger partial charge in [0.2, 0.25) is 5.95 Å². The van der Waals surface area contributed by atoms with Crippen molar-refractivity contribution in [2.45, 2.75) is 26.4 Å². The standard InChI is InChI=1S/C12H15FN2O3/c1-12(2,3)18-10(16)7-15-11(17)8-4-5-14-9(13)6-8/h4-6H,7H2,1-3H3,(H,15,17). The third-order valence-electron chi connectivity index (χ3n) is 1.80. The van der Waals surface area contributed by atoms with Crippen molar-refractivity contribution in [1.82, 2.24) is 10.3 Å². The van der Waals surface area contributed by atoms with Crippen LogP contribution in [-0.2, 0) is 9.53 Å². The van der Waals surface area contributed by atoms with Crippen LogP contribution in [0.4, 0.5) is 4.39 Å². The smallest absolute Gasteiger partial charge is 0.325 e. The Morgan fingerprint density at radius 2 is 2.11 bits per heavy atom. The molecule has 0 saturated heterocycles. The number of hydrogen-bond donors (Lipinski definition) is 1. The third-order valence-corrected chi connectivity index (χ3v) is 1.80. The molecule has 1 aromatic heterocycles. The van der Waals surface area contributed by atoms with Crippen LogP contribution in [0.25, 0.3) is 0 Å². The number of rotatable bonds is 3. The molecule has 98 valence electrons. The summed E-state index contributed by atoms with van der Waals surface area (Å²) in [6.45, 7) is 4.92. The SMILES string of the molecule is CC(C)(C)OC(=O)CNC(=O)c1ccnc(F)c1. The number of halogens is 1. The predicted molar refractivity (Wildman–Crippen MR) is 62.4 cm³/mol. The van der Waals surface area contributed by atoms with Gasteiger partial charge >= 0.3 is 5.97 Å².